The predicted octanol–water partition coefficient (Wildman–Crippen LogP) is 2.65. The summed E-state index contributed by atoms with van der Waals surface area (Å²) in [6, 6.07) is 0. The van der Waals surface area contributed by atoms with Gasteiger partial charge in [-0.3, -0.25) is 0 Å². The molecule has 0 nitrogen and oxygen atoms in total. The van der Waals surface area contributed by atoms with Crippen molar-refractivity contribution in [2.75, 3.05) is 11.5 Å². The first kappa shape index (κ1) is 7.66. The lowest BCUT2D eigenvalue weighted by atomic mass is 10.3. The Hall–Kier alpha value is 0.560. The molecule has 1 heterocycles. The van der Waals surface area contributed by atoms with Crippen molar-refractivity contribution >= 4 is 23.5 Å². The summed E-state index contributed by atoms with van der Waals surface area (Å²) in [7, 11) is 0. The molecule has 0 aromatic rings. The SMILES string of the molecule is CC1CSC(F)(F)SC1. The van der Waals surface area contributed by atoms with E-state index < -0.39 is 4.59 Å². The molecule has 0 aromatic heterocycles. The topological polar surface area (TPSA) is 0 Å². The van der Waals surface area contributed by atoms with Gasteiger partial charge in [0.05, 0.1) is 0 Å². The maximum absolute atomic E-state index is 12.3. The van der Waals surface area contributed by atoms with Crippen LogP contribution in [0.15, 0.2) is 0 Å². The Morgan fingerprint density at radius 1 is 1.33 bits per heavy atom. The first-order valence-electron chi connectivity index (χ1n) is 2.76. The lowest BCUT2D eigenvalue weighted by Gasteiger charge is -2.23. The van der Waals surface area contributed by atoms with Gasteiger partial charge < -0.3 is 0 Å². The first-order valence-corrected chi connectivity index (χ1v) is 4.73. The van der Waals surface area contributed by atoms with E-state index in [2.05, 4.69) is 0 Å². The summed E-state index contributed by atoms with van der Waals surface area (Å²) in [5.74, 6) is 1.64. The van der Waals surface area contributed by atoms with E-state index in [4.69, 9.17) is 0 Å². The van der Waals surface area contributed by atoms with Crippen LogP contribution in [0.3, 0.4) is 0 Å². The molecule has 0 N–H and O–H groups in total. The zero-order chi connectivity index (χ0) is 6.91. The Labute approximate surface area is 61.8 Å². The Kier molecular flexibility index (Phi) is 2.27. The summed E-state index contributed by atoms with van der Waals surface area (Å²) in [4.78, 5) is 0. The molecule has 1 aliphatic heterocycles. The van der Waals surface area contributed by atoms with Gasteiger partial charge in [-0.25, -0.2) is 0 Å². The molecule has 0 radical (unpaired) electrons. The van der Waals surface area contributed by atoms with Crippen molar-refractivity contribution < 1.29 is 8.78 Å². The van der Waals surface area contributed by atoms with Crippen LogP contribution in [0.1, 0.15) is 6.92 Å². The number of alkyl halides is 2. The van der Waals surface area contributed by atoms with Crippen LogP contribution >= 0.6 is 23.5 Å². The summed E-state index contributed by atoms with van der Waals surface area (Å²) < 4.78 is 22.1. The monoisotopic (exact) mass is 170 g/mol. The maximum Gasteiger partial charge on any atom is 0.341 e. The summed E-state index contributed by atoms with van der Waals surface area (Å²) in [6.45, 7) is 2.00. The highest BCUT2D eigenvalue weighted by Gasteiger charge is 2.35. The van der Waals surface area contributed by atoms with Crippen LogP contribution < -0.4 is 0 Å². The zero-order valence-corrected chi connectivity index (χ0v) is 6.70. The van der Waals surface area contributed by atoms with Crippen molar-refractivity contribution in [2.45, 2.75) is 11.5 Å². The standard InChI is InChI=1S/C5H8F2S2/c1-4-2-8-5(6,7)9-3-4/h4H,2-3H2,1H3. The zero-order valence-electron chi connectivity index (χ0n) is 5.06. The molecule has 0 aliphatic carbocycles. The molecule has 4 heteroatoms. The molecule has 0 bridgehead atoms. The fourth-order valence-electron chi connectivity index (χ4n) is 0.568. The quantitative estimate of drug-likeness (QED) is 0.548. The fraction of sp³-hybridized carbons (Fsp3) is 1.00. The molecule has 1 fully saturated rings. The predicted molar refractivity (Wildman–Crippen MR) is 39.0 cm³/mol. The van der Waals surface area contributed by atoms with Gasteiger partial charge >= 0.3 is 4.59 Å². The second-order valence-electron chi connectivity index (χ2n) is 2.19. The van der Waals surface area contributed by atoms with Crippen LogP contribution in [0.25, 0.3) is 0 Å². The summed E-state index contributed by atoms with van der Waals surface area (Å²) >= 11 is 1.52. The third-order valence-electron chi connectivity index (χ3n) is 1.07. The summed E-state index contributed by atoms with van der Waals surface area (Å²) in [5, 5.41) is 0. The molecule has 0 saturated carbocycles. The van der Waals surface area contributed by atoms with Crippen LogP contribution in [0.2, 0.25) is 0 Å². The summed E-state index contributed by atoms with van der Waals surface area (Å²) in [5.41, 5.74) is 0. The van der Waals surface area contributed by atoms with E-state index >= 15 is 0 Å². The van der Waals surface area contributed by atoms with Gasteiger partial charge in [-0.2, -0.15) is 8.78 Å². The third kappa shape index (κ3) is 2.34. The molecule has 1 rings (SSSR count). The van der Waals surface area contributed by atoms with Gasteiger partial charge in [0.25, 0.3) is 0 Å². The lowest BCUT2D eigenvalue weighted by molar-refractivity contribution is 0.209. The Balaban J connectivity index is 2.35. The Morgan fingerprint density at radius 3 is 2.11 bits per heavy atom. The van der Waals surface area contributed by atoms with Crippen molar-refractivity contribution in [2.24, 2.45) is 5.92 Å². The molecule has 0 atom stereocenters. The van der Waals surface area contributed by atoms with Gasteiger partial charge in [0.1, 0.15) is 0 Å². The van der Waals surface area contributed by atoms with Crippen molar-refractivity contribution in [3.8, 4) is 0 Å². The second-order valence-corrected chi connectivity index (χ2v) is 4.72. The van der Waals surface area contributed by atoms with Gasteiger partial charge in [-0.1, -0.05) is 30.4 Å². The van der Waals surface area contributed by atoms with Gasteiger partial charge in [-0.15, -0.1) is 0 Å². The van der Waals surface area contributed by atoms with Crippen LogP contribution in [0.5, 0.6) is 0 Å². The average molecular weight is 170 g/mol. The van der Waals surface area contributed by atoms with Gasteiger partial charge in [-0.05, 0) is 5.92 Å². The molecular weight excluding hydrogens is 162 g/mol. The minimum absolute atomic E-state index is 0.444. The fourth-order valence-corrected chi connectivity index (χ4v) is 2.65. The van der Waals surface area contributed by atoms with Crippen molar-refractivity contribution in [1.82, 2.24) is 0 Å². The van der Waals surface area contributed by atoms with Gasteiger partial charge in [0.15, 0.2) is 0 Å². The molecule has 0 aromatic carbocycles. The molecule has 0 spiro atoms. The van der Waals surface area contributed by atoms with Crippen molar-refractivity contribution in [1.29, 1.82) is 0 Å². The van der Waals surface area contributed by atoms with Crippen LogP contribution in [-0.2, 0) is 0 Å². The number of hydrogen-bond donors (Lipinski definition) is 0. The van der Waals surface area contributed by atoms with E-state index in [1.807, 2.05) is 6.92 Å². The second kappa shape index (κ2) is 2.66. The largest absolute Gasteiger partial charge is 0.341 e. The smallest absolute Gasteiger partial charge is 0.182 e. The van der Waals surface area contributed by atoms with E-state index in [1.165, 1.54) is 0 Å². The number of halogens is 2. The van der Waals surface area contributed by atoms with E-state index in [1.54, 1.807) is 0 Å². The maximum atomic E-state index is 12.3. The molecule has 9 heavy (non-hydrogen) atoms. The van der Waals surface area contributed by atoms with Crippen molar-refractivity contribution in [3.05, 3.63) is 0 Å². The first-order chi connectivity index (χ1) is 4.10. The van der Waals surface area contributed by atoms with E-state index in [0.29, 0.717) is 17.4 Å². The molecular formula is C5H8F2S2. The summed E-state index contributed by atoms with van der Waals surface area (Å²) in [6.07, 6.45) is 0. The Morgan fingerprint density at radius 2 is 1.78 bits per heavy atom. The van der Waals surface area contributed by atoms with E-state index in [9.17, 15) is 8.78 Å². The highest BCUT2D eigenvalue weighted by atomic mass is 32.2. The third-order valence-corrected chi connectivity index (χ3v) is 3.92. The molecule has 1 aliphatic rings. The molecule has 0 amide bonds. The van der Waals surface area contributed by atoms with Crippen LogP contribution in [-0.4, -0.2) is 16.1 Å². The normalized spacial score (nSPS) is 28.3. The number of hydrogen-bond acceptors (Lipinski definition) is 2. The minimum Gasteiger partial charge on any atom is -0.182 e. The van der Waals surface area contributed by atoms with E-state index in [-0.39, 0.29) is 0 Å². The molecule has 1 saturated heterocycles. The van der Waals surface area contributed by atoms with Crippen LogP contribution in [0, 0.1) is 5.92 Å². The van der Waals surface area contributed by atoms with Gasteiger partial charge in [0, 0.05) is 11.5 Å². The highest BCUT2D eigenvalue weighted by Crippen LogP contribution is 2.45. The lowest BCUT2D eigenvalue weighted by Crippen LogP contribution is -2.18. The highest BCUT2D eigenvalue weighted by molar-refractivity contribution is 8.18. The number of thioether (sulfide) groups is 2. The Bertz CT molecular complexity index is 95.1. The average Bonchev–Trinajstić information content (AvgIpc) is 1.78. The van der Waals surface area contributed by atoms with Crippen molar-refractivity contribution in [3.63, 3.8) is 0 Å². The molecule has 54 valence electrons. The van der Waals surface area contributed by atoms with Gasteiger partial charge in [0.2, 0.25) is 0 Å². The molecule has 0 unspecified atom stereocenters. The number of rotatable bonds is 0. The van der Waals surface area contributed by atoms with E-state index in [0.717, 1.165) is 23.5 Å². The van der Waals surface area contributed by atoms with Crippen LogP contribution in [0.4, 0.5) is 8.78 Å². The minimum atomic E-state index is -2.51.